The number of hydrogen-bond acceptors (Lipinski definition) is 5. The summed E-state index contributed by atoms with van der Waals surface area (Å²) < 4.78 is 12.7. The van der Waals surface area contributed by atoms with Gasteiger partial charge in [0.1, 0.15) is 11.8 Å². The van der Waals surface area contributed by atoms with Crippen molar-refractivity contribution in [1.29, 1.82) is 0 Å². The first kappa shape index (κ1) is 21.3. The van der Waals surface area contributed by atoms with Crippen molar-refractivity contribution in [3.8, 4) is 11.4 Å². The predicted molar refractivity (Wildman–Crippen MR) is 115 cm³/mol. The van der Waals surface area contributed by atoms with Crippen LogP contribution < -0.4 is 21.3 Å². The van der Waals surface area contributed by atoms with E-state index >= 15 is 0 Å². The Bertz CT molecular complexity index is 1170. The number of methoxy groups -OCH3 is 2. The van der Waals surface area contributed by atoms with Gasteiger partial charge in [0, 0.05) is 19.7 Å². The lowest BCUT2D eigenvalue weighted by Gasteiger charge is -2.21. The second kappa shape index (κ2) is 9.41. The van der Waals surface area contributed by atoms with Gasteiger partial charge in [-0.05, 0) is 30.7 Å². The topological polar surface area (TPSA) is 91.6 Å². The fourth-order valence-electron chi connectivity index (χ4n) is 3.44. The molecule has 3 rings (SSSR count). The first-order valence-corrected chi connectivity index (χ1v) is 9.70. The number of fused-ring (bicyclic) bond motifs is 1. The Kier molecular flexibility index (Phi) is 6.68. The Hall–Kier alpha value is -3.39. The van der Waals surface area contributed by atoms with Crippen LogP contribution in [-0.2, 0) is 9.53 Å². The van der Waals surface area contributed by atoms with Crippen molar-refractivity contribution in [1.82, 2.24) is 14.5 Å². The van der Waals surface area contributed by atoms with Crippen LogP contribution in [0.5, 0.6) is 5.75 Å². The number of para-hydroxylation sites is 1. The minimum absolute atomic E-state index is 0.308. The van der Waals surface area contributed by atoms with Crippen LogP contribution in [0.2, 0.25) is 0 Å². The van der Waals surface area contributed by atoms with Gasteiger partial charge in [0.2, 0.25) is 5.91 Å². The average molecular weight is 411 g/mol. The minimum Gasteiger partial charge on any atom is -0.497 e. The third kappa shape index (κ3) is 3.99. The van der Waals surface area contributed by atoms with Gasteiger partial charge in [0.05, 0.1) is 30.3 Å². The molecular weight excluding hydrogens is 386 g/mol. The van der Waals surface area contributed by atoms with Crippen molar-refractivity contribution in [2.45, 2.75) is 19.4 Å². The van der Waals surface area contributed by atoms with E-state index in [0.717, 1.165) is 4.57 Å². The second-order valence-corrected chi connectivity index (χ2v) is 6.72. The Morgan fingerprint density at radius 1 is 1.10 bits per heavy atom. The van der Waals surface area contributed by atoms with Crippen LogP contribution >= 0.6 is 0 Å². The third-order valence-corrected chi connectivity index (χ3v) is 4.91. The Morgan fingerprint density at radius 3 is 2.57 bits per heavy atom. The van der Waals surface area contributed by atoms with E-state index in [-0.39, 0.29) is 5.91 Å². The molecule has 0 fully saturated rings. The van der Waals surface area contributed by atoms with E-state index in [1.54, 1.807) is 55.6 Å². The average Bonchev–Trinajstić information content (AvgIpc) is 2.77. The van der Waals surface area contributed by atoms with Gasteiger partial charge in [-0.15, -0.1) is 0 Å². The molecule has 8 heteroatoms. The number of nitrogens with zero attached hydrogens (tertiary/aromatic N) is 2. The van der Waals surface area contributed by atoms with Gasteiger partial charge in [-0.1, -0.05) is 25.1 Å². The number of amides is 1. The highest BCUT2D eigenvalue weighted by atomic mass is 16.5. The zero-order chi connectivity index (χ0) is 21.7. The largest absolute Gasteiger partial charge is 0.497 e. The summed E-state index contributed by atoms with van der Waals surface area (Å²) in [6.45, 7) is 2.51. The van der Waals surface area contributed by atoms with Gasteiger partial charge in [-0.25, -0.2) is 9.36 Å². The minimum atomic E-state index is -0.781. The zero-order valence-corrected chi connectivity index (χ0v) is 17.3. The van der Waals surface area contributed by atoms with E-state index in [2.05, 4.69) is 5.32 Å². The zero-order valence-electron chi connectivity index (χ0n) is 17.3. The number of carbonyl (C=O) groups is 1. The van der Waals surface area contributed by atoms with Crippen molar-refractivity contribution >= 4 is 16.8 Å². The first-order chi connectivity index (χ1) is 14.5. The molecule has 0 aliphatic heterocycles. The maximum absolute atomic E-state index is 13.5. The summed E-state index contributed by atoms with van der Waals surface area (Å²) in [6.07, 6.45) is 0.374. The smallest absolute Gasteiger partial charge is 0.336 e. The number of ether oxygens (including phenoxy) is 2. The molecule has 1 heterocycles. The number of benzene rings is 2. The molecule has 1 unspecified atom stereocenters. The molecule has 0 aliphatic carbocycles. The van der Waals surface area contributed by atoms with Crippen LogP contribution in [0.3, 0.4) is 0 Å². The molecule has 0 spiro atoms. The molecule has 0 radical (unpaired) electrons. The highest BCUT2D eigenvalue weighted by Gasteiger charge is 2.24. The van der Waals surface area contributed by atoms with Crippen LogP contribution in [0.1, 0.15) is 19.4 Å². The van der Waals surface area contributed by atoms with E-state index in [1.165, 1.54) is 11.7 Å². The predicted octanol–water partition coefficient (Wildman–Crippen LogP) is 1.87. The number of rotatable bonds is 8. The first-order valence-electron chi connectivity index (χ1n) is 9.70. The van der Waals surface area contributed by atoms with Crippen molar-refractivity contribution in [3.63, 3.8) is 0 Å². The second-order valence-electron chi connectivity index (χ2n) is 6.72. The van der Waals surface area contributed by atoms with Gasteiger partial charge < -0.3 is 14.8 Å². The van der Waals surface area contributed by atoms with Crippen LogP contribution in [0, 0.1) is 0 Å². The maximum Gasteiger partial charge on any atom is 0.336 e. The fourth-order valence-corrected chi connectivity index (χ4v) is 3.44. The summed E-state index contributed by atoms with van der Waals surface area (Å²) in [4.78, 5) is 39.5. The third-order valence-electron chi connectivity index (χ3n) is 4.91. The molecule has 8 nitrogen and oxygen atoms in total. The van der Waals surface area contributed by atoms with Crippen molar-refractivity contribution in [2.24, 2.45) is 0 Å². The molecule has 0 aliphatic rings. The van der Waals surface area contributed by atoms with Crippen LogP contribution in [0.25, 0.3) is 16.6 Å². The van der Waals surface area contributed by atoms with Gasteiger partial charge in [-0.2, -0.15) is 0 Å². The lowest BCUT2D eigenvalue weighted by Crippen LogP contribution is -2.44. The van der Waals surface area contributed by atoms with Crippen molar-refractivity contribution in [2.75, 3.05) is 27.4 Å². The molecule has 1 N–H and O–H groups in total. The highest BCUT2D eigenvalue weighted by Crippen LogP contribution is 2.19. The molecule has 158 valence electrons. The van der Waals surface area contributed by atoms with Crippen LogP contribution in [-0.4, -0.2) is 42.4 Å². The van der Waals surface area contributed by atoms with E-state index < -0.39 is 17.3 Å². The Labute approximate surface area is 173 Å². The normalized spacial score (nSPS) is 12.0. The van der Waals surface area contributed by atoms with Crippen LogP contribution in [0.15, 0.2) is 58.1 Å². The van der Waals surface area contributed by atoms with Gasteiger partial charge in [0.15, 0.2) is 0 Å². The summed E-state index contributed by atoms with van der Waals surface area (Å²) in [6, 6.07) is 12.7. The number of carbonyl (C=O) groups excluding carboxylic acids is 1. The quantitative estimate of drug-likeness (QED) is 0.572. The molecule has 30 heavy (non-hydrogen) atoms. The highest BCUT2D eigenvalue weighted by molar-refractivity contribution is 5.84. The molecule has 0 saturated heterocycles. The number of aromatic nitrogens is 2. The van der Waals surface area contributed by atoms with Gasteiger partial charge in [0.25, 0.3) is 5.56 Å². The summed E-state index contributed by atoms with van der Waals surface area (Å²) in [5.41, 5.74) is -0.241. The standard InChI is InChI=1S/C22H25N3O5/c1-4-18(20(26)23-12-13-29-2)25-19-11-6-5-10-17(19)21(27)24(22(25)28)15-8-7-9-16(14-15)30-3/h5-11,14,18H,4,12-13H2,1-3H3,(H,23,26). The molecule has 1 atom stereocenters. The summed E-state index contributed by atoms with van der Waals surface area (Å²) >= 11 is 0. The Balaban J connectivity index is 2.27. The molecular formula is C22H25N3O5. The van der Waals surface area contributed by atoms with Gasteiger partial charge >= 0.3 is 5.69 Å². The van der Waals surface area contributed by atoms with Crippen molar-refractivity contribution in [3.05, 3.63) is 69.4 Å². The summed E-state index contributed by atoms with van der Waals surface area (Å²) in [5, 5.41) is 3.14. The molecule has 1 amide bonds. The number of hydrogen-bond donors (Lipinski definition) is 1. The monoisotopic (exact) mass is 411 g/mol. The van der Waals surface area contributed by atoms with E-state index in [4.69, 9.17) is 9.47 Å². The lowest BCUT2D eigenvalue weighted by molar-refractivity contribution is -0.124. The maximum atomic E-state index is 13.5. The lowest BCUT2D eigenvalue weighted by atomic mass is 10.1. The fraction of sp³-hybridized carbons (Fsp3) is 0.318. The summed E-state index contributed by atoms with van der Waals surface area (Å²) in [7, 11) is 3.06. The molecule has 2 aromatic carbocycles. The van der Waals surface area contributed by atoms with Crippen LogP contribution in [0.4, 0.5) is 0 Å². The van der Waals surface area contributed by atoms with Gasteiger partial charge in [-0.3, -0.25) is 14.2 Å². The van der Waals surface area contributed by atoms with E-state index in [0.29, 0.717) is 41.9 Å². The Morgan fingerprint density at radius 2 is 1.87 bits per heavy atom. The molecule has 3 aromatic rings. The van der Waals surface area contributed by atoms with E-state index in [9.17, 15) is 14.4 Å². The molecule has 0 saturated carbocycles. The summed E-state index contributed by atoms with van der Waals surface area (Å²) in [5.74, 6) is 0.209. The van der Waals surface area contributed by atoms with E-state index in [1.807, 2.05) is 6.92 Å². The SMILES string of the molecule is CCC(C(=O)NCCOC)n1c(=O)n(-c2cccc(OC)c2)c(=O)c2ccccc21. The number of nitrogens with one attached hydrogen (secondary N) is 1. The molecule has 0 bridgehead atoms. The van der Waals surface area contributed by atoms with Crippen molar-refractivity contribution < 1.29 is 14.3 Å². The molecule has 1 aromatic heterocycles.